The third-order valence-corrected chi connectivity index (χ3v) is 2.23. The van der Waals surface area contributed by atoms with Gasteiger partial charge >= 0.3 is 5.97 Å². The average molecular weight is 183 g/mol. The van der Waals surface area contributed by atoms with E-state index in [2.05, 4.69) is 19.2 Å². The highest BCUT2D eigenvalue weighted by atomic mass is 16.4. The Hall–Kier alpha value is -0.830. The van der Waals surface area contributed by atoms with Crippen LogP contribution in [-0.2, 0) is 4.79 Å². The first-order valence-electron chi connectivity index (χ1n) is 4.76. The summed E-state index contributed by atoms with van der Waals surface area (Å²) in [5, 5.41) is 12.1. The zero-order valence-corrected chi connectivity index (χ0v) is 8.26. The summed E-state index contributed by atoms with van der Waals surface area (Å²) in [6, 6.07) is 0. The topological polar surface area (TPSA) is 49.3 Å². The minimum atomic E-state index is -0.739. The van der Waals surface area contributed by atoms with E-state index in [4.69, 9.17) is 5.11 Å². The Labute approximate surface area is 78.8 Å². The molecule has 0 bridgehead atoms. The third kappa shape index (κ3) is 2.84. The van der Waals surface area contributed by atoms with E-state index in [-0.39, 0.29) is 0 Å². The highest BCUT2D eigenvalue weighted by Crippen LogP contribution is 2.19. The molecule has 0 saturated heterocycles. The highest BCUT2D eigenvalue weighted by molar-refractivity contribution is 5.87. The van der Waals surface area contributed by atoms with Crippen molar-refractivity contribution < 1.29 is 9.90 Å². The van der Waals surface area contributed by atoms with E-state index in [1.807, 2.05) is 0 Å². The molecule has 1 aliphatic heterocycles. The molecule has 3 heteroatoms. The Balaban J connectivity index is 2.77. The van der Waals surface area contributed by atoms with Crippen LogP contribution in [0.15, 0.2) is 11.1 Å². The molecule has 0 spiro atoms. The molecule has 0 fully saturated rings. The number of hydrogen-bond acceptors (Lipinski definition) is 2. The average Bonchev–Trinajstić information content (AvgIpc) is 2.03. The summed E-state index contributed by atoms with van der Waals surface area (Å²) in [5.41, 5.74) is 1.71. The summed E-state index contributed by atoms with van der Waals surface area (Å²) < 4.78 is 0. The summed E-state index contributed by atoms with van der Waals surface area (Å²) >= 11 is 0. The van der Waals surface area contributed by atoms with E-state index in [1.165, 1.54) is 0 Å². The van der Waals surface area contributed by atoms with E-state index >= 15 is 0 Å². The highest BCUT2D eigenvalue weighted by Gasteiger charge is 2.18. The van der Waals surface area contributed by atoms with Crippen LogP contribution in [0.3, 0.4) is 0 Å². The van der Waals surface area contributed by atoms with Crippen molar-refractivity contribution in [2.75, 3.05) is 13.1 Å². The second-order valence-corrected chi connectivity index (χ2v) is 3.91. The number of carbonyl (C=O) groups is 1. The molecule has 1 heterocycles. The molecule has 74 valence electrons. The van der Waals surface area contributed by atoms with Gasteiger partial charge in [-0.1, -0.05) is 13.8 Å². The largest absolute Gasteiger partial charge is 0.478 e. The van der Waals surface area contributed by atoms with E-state index in [0.29, 0.717) is 17.9 Å². The van der Waals surface area contributed by atoms with Crippen LogP contribution in [0.1, 0.15) is 26.7 Å². The summed E-state index contributed by atoms with van der Waals surface area (Å²) in [6.45, 7) is 5.77. The van der Waals surface area contributed by atoms with Gasteiger partial charge in [0, 0.05) is 12.1 Å². The molecule has 3 nitrogen and oxygen atoms in total. The lowest BCUT2D eigenvalue weighted by atomic mass is 9.94. The molecule has 0 atom stereocenters. The lowest BCUT2D eigenvalue weighted by molar-refractivity contribution is -0.132. The molecule has 0 aromatic heterocycles. The molecule has 0 aromatic rings. The standard InChI is InChI=1S/C10H17NO2/c1-7(2)5-8-6-11-4-3-9(8)10(12)13/h7,11H,3-6H2,1-2H3,(H,12,13). The minimum absolute atomic E-state index is 0.532. The predicted molar refractivity (Wildman–Crippen MR) is 51.6 cm³/mol. The van der Waals surface area contributed by atoms with Crippen LogP contribution in [-0.4, -0.2) is 24.2 Å². The monoisotopic (exact) mass is 183 g/mol. The van der Waals surface area contributed by atoms with Gasteiger partial charge in [0.2, 0.25) is 0 Å². The Morgan fingerprint density at radius 3 is 2.85 bits per heavy atom. The molecular formula is C10H17NO2. The number of carboxylic acids is 1. The Morgan fingerprint density at radius 2 is 2.31 bits per heavy atom. The Bertz CT molecular complexity index is 231. The zero-order valence-electron chi connectivity index (χ0n) is 8.26. The number of aliphatic carboxylic acids is 1. The van der Waals surface area contributed by atoms with Crippen molar-refractivity contribution in [2.24, 2.45) is 5.92 Å². The van der Waals surface area contributed by atoms with Crippen molar-refractivity contribution in [3.05, 3.63) is 11.1 Å². The maximum absolute atomic E-state index is 10.9. The minimum Gasteiger partial charge on any atom is -0.478 e. The van der Waals surface area contributed by atoms with Crippen molar-refractivity contribution >= 4 is 5.97 Å². The van der Waals surface area contributed by atoms with Crippen LogP contribution in [0, 0.1) is 5.92 Å². The van der Waals surface area contributed by atoms with Crippen LogP contribution >= 0.6 is 0 Å². The van der Waals surface area contributed by atoms with Crippen molar-refractivity contribution in [1.29, 1.82) is 0 Å². The SMILES string of the molecule is CC(C)CC1=C(C(=O)O)CCNC1. The molecule has 0 aromatic carbocycles. The van der Waals surface area contributed by atoms with Gasteiger partial charge in [0.05, 0.1) is 0 Å². The van der Waals surface area contributed by atoms with Gasteiger partial charge in [-0.05, 0) is 30.9 Å². The van der Waals surface area contributed by atoms with Crippen LogP contribution < -0.4 is 5.32 Å². The van der Waals surface area contributed by atoms with Crippen molar-refractivity contribution in [3.63, 3.8) is 0 Å². The summed E-state index contributed by atoms with van der Waals surface area (Å²) in [5.74, 6) is -0.207. The fourth-order valence-electron chi connectivity index (χ4n) is 1.68. The predicted octanol–water partition coefficient (Wildman–Crippen LogP) is 1.41. The summed E-state index contributed by atoms with van der Waals surface area (Å²) in [4.78, 5) is 10.9. The Morgan fingerprint density at radius 1 is 1.62 bits per heavy atom. The maximum Gasteiger partial charge on any atom is 0.331 e. The molecule has 0 radical (unpaired) electrons. The van der Waals surface area contributed by atoms with Gasteiger partial charge in [-0.3, -0.25) is 0 Å². The first-order valence-corrected chi connectivity index (χ1v) is 4.76. The second kappa shape index (κ2) is 4.42. The quantitative estimate of drug-likeness (QED) is 0.695. The third-order valence-electron chi connectivity index (χ3n) is 2.23. The van der Waals surface area contributed by atoms with Crippen molar-refractivity contribution in [3.8, 4) is 0 Å². The van der Waals surface area contributed by atoms with Gasteiger partial charge in [0.15, 0.2) is 0 Å². The molecule has 0 unspecified atom stereocenters. The molecule has 0 saturated carbocycles. The van der Waals surface area contributed by atoms with Crippen molar-refractivity contribution in [1.82, 2.24) is 5.32 Å². The number of hydrogen-bond donors (Lipinski definition) is 2. The van der Waals surface area contributed by atoms with E-state index < -0.39 is 5.97 Å². The van der Waals surface area contributed by atoms with Gasteiger partial charge in [-0.2, -0.15) is 0 Å². The molecule has 1 rings (SSSR count). The van der Waals surface area contributed by atoms with Gasteiger partial charge in [0.1, 0.15) is 0 Å². The molecular weight excluding hydrogens is 166 g/mol. The van der Waals surface area contributed by atoms with Crippen LogP contribution in [0.25, 0.3) is 0 Å². The first kappa shape index (κ1) is 10.3. The summed E-state index contributed by atoms with van der Waals surface area (Å²) in [6.07, 6.45) is 1.56. The van der Waals surface area contributed by atoms with Gasteiger partial charge in [-0.15, -0.1) is 0 Å². The van der Waals surface area contributed by atoms with Crippen LogP contribution in [0.4, 0.5) is 0 Å². The van der Waals surface area contributed by atoms with Gasteiger partial charge < -0.3 is 10.4 Å². The molecule has 2 N–H and O–H groups in total. The lowest BCUT2D eigenvalue weighted by Gasteiger charge is -2.20. The lowest BCUT2D eigenvalue weighted by Crippen LogP contribution is -2.28. The van der Waals surface area contributed by atoms with Crippen LogP contribution in [0.2, 0.25) is 0 Å². The van der Waals surface area contributed by atoms with Crippen molar-refractivity contribution in [2.45, 2.75) is 26.7 Å². The normalized spacial score (nSPS) is 18.1. The fraction of sp³-hybridized carbons (Fsp3) is 0.700. The second-order valence-electron chi connectivity index (χ2n) is 3.91. The first-order chi connectivity index (χ1) is 6.11. The Kier molecular flexibility index (Phi) is 3.48. The molecule has 0 aliphatic carbocycles. The van der Waals surface area contributed by atoms with Gasteiger partial charge in [0.25, 0.3) is 0 Å². The zero-order chi connectivity index (χ0) is 9.84. The fourth-order valence-corrected chi connectivity index (χ4v) is 1.68. The van der Waals surface area contributed by atoms with E-state index in [0.717, 1.165) is 25.1 Å². The van der Waals surface area contributed by atoms with E-state index in [9.17, 15) is 4.79 Å². The number of nitrogens with one attached hydrogen (secondary N) is 1. The smallest absolute Gasteiger partial charge is 0.331 e. The molecule has 1 aliphatic rings. The van der Waals surface area contributed by atoms with E-state index in [1.54, 1.807) is 0 Å². The number of carboxylic acid groups (broad SMARTS) is 1. The molecule has 0 amide bonds. The summed E-state index contributed by atoms with van der Waals surface area (Å²) in [7, 11) is 0. The molecule has 13 heavy (non-hydrogen) atoms. The maximum atomic E-state index is 10.9. The van der Waals surface area contributed by atoms with Crippen LogP contribution in [0.5, 0.6) is 0 Å². The number of rotatable bonds is 3. The van der Waals surface area contributed by atoms with Gasteiger partial charge in [-0.25, -0.2) is 4.79 Å².